The highest BCUT2D eigenvalue weighted by Gasteiger charge is 2.19. The zero-order valence-corrected chi connectivity index (χ0v) is 15.5. The van der Waals surface area contributed by atoms with Gasteiger partial charge in [0.1, 0.15) is 5.82 Å². The first-order valence-corrected chi connectivity index (χ1v) is 8.54. The summed E-state index contributed by atoms with van der Waals surface area (Å²) in [5.74, 6) is -0.998. The van der Waals surface area contributed by atoms with Crippen LogP contribution in [0.1, 0.15) is 34.6 Å². The van der Waals surface area contributed by atoms with E-state index in [1.807, 2.05) is 32.8 Å². The van der Waals surface area contributed by atoms with Gasteiger partial charge in [-0.05, 0) is 50.2 Å². The fourth-order valence-corrected chi connectivity index (χ4v) is 2.69. The van der Waals surface area contributed by atoms with Crippen molar-refractivity contribution in [2.75, 3.05) is 37.4 Å². The predicted molar refractivity (Wildman–Crippen MR) is 102 cm³/mol. The molecule has 0 heterocycles. The smallest absolute Gasteiger partial charge is 0.256 e. The highest BCUT2D eigenvalue weighted by Crippen LogP contribution is 2.25. The molecule has 2 aromatic rings. The van der Waals surface area contributed by atoms with E-state index in [2.05, 4.69) is 5.32 Å². The van der Waals surface area contributed by atoms with Crippen LogP contribution in [0, 0.1) is 5.82 Å². The Kier molecular flexibility index (Phi) is 6.33. The molecule has 138 valence electrons. The van der Waals surface area contributed by atoms with Crippen LogP contribution in [0.3, 0.4) is 0 Å². The standard InChI is InChI=1S/C20H24FN3O2/c1-5-24(6-2)20(26)17-13-16(10-11-18(17)23(3)4)22-19(25)14-8-7-9-15(21)12-14/h7-13H,5-6H2,1-4H3,(H,22,25). The molecule has 5 nitrogen and oxygen atoms in total. The second-order valence-corrected chi connectivity index (χ2v) is 6.07. The van der Waals surface area contributed by atoms with Gasteiger partial charge in [0.2, 0.25) is 0 Å². The molecule has 0 aliphatic carbocycles. The number of nitrogens with one attached hydrogen (secondary N) is 1. The molecule has 2 amide bonds. The minimum atomic E-state index is -0.474. The fraction of sp³-hybridized carbons (Fsp3) is 0.300. The third-order valence-corrected chi connectivity index (χ3v) is 4.10. The summed E-state index contributed by atoms with van der Waals surface area (Å²) in [5, 5.41) is 2.73. The maximum Gasteiger partial charge on any atom is 0.256 e. The maximum absolute atomic E-state index is 13.3. The fourth-order valence-electron chi connectivity index (χ4n) is 2.69. The molecule has 0 bridgehead atoms. The third kappa shape index (κ3) is 4.39. The van der Waals surface area contributed by atoms with E-state index in [0.29, 0.717) is 24.3 Å². The number of rotatable bonds is 6. The van der Waals surface area contributed by atoms with Crippen molar-refractivity contribution >= 4 is 23.2 Å². The zero-order valence-electron chi connectivity index (χ0n) is 15.5. The number of carbonyl (C=O) groups excluding carboxylic acids is 2. The van der Waals surface area contributed by atoms with Gasteiger partial charge in [-0.3, -0.25) is 9.59 Å². The van der Waals surface area contributed by atoms with E-state index in [0.717, 1.165) is 5.69 Å². The number of amides is 2. The van der Waals surface area contributed by atoms with Crippen LogP contribution in [0.25, 0.3) is 0 Å². The summed E-state index contributed by atoms with van der Waals surface area (Å²) in [4.78, 5) is 28.7. The summed E-state index contributed by atoms with van der Waals surface area (Å²) < 4.78 is 13.3. The van der Waals surface area contributed by atoms with Crippen molar-refractivity contribution in [3.05, 3.63) is 59.4 Å². The SMILES string of the molecule is CCN(CC)C(=O)c1cc(NC(=O)c2cccc(F)c2)ccc1N(C)C. The molecule has 0 aliphatic heterocycles. The third-order valence-electron chi connectivity index (χ3n) is 4.10. The average molecular weight is 357 g/mol. The Bertz CT molecular complexity index is 801. The molecule has 0 saturated heterocycles. The van der Waals surface area contributed by atoms with E-state index in [1.54, 1.807) is 23.1 Å². The van der Waals surface area contributed by atoms with Crippen LogP contribution in [0.15, 0.2) is 42.5 Å². The number of hydrogen-bond acceptors (Lipinski definition) is 3. The van der Waals surface area contributed by atoms with Crippen LogP contribution in [0.5, 0.6) is 0 Å². The van der Waals surface area contributed by atoms with Gasteiger partial charge < -0.3 is 15.1 Å². The second-order valence-electron chi connectivity index (χ2n) is 6.07. The first kappa shape index (κ1) is 19.4. The van der Waals surface area contributed by atoms with Crippen molar-refractivity contribution in [3.63, 3.8) is 0 Å². The zero-order chi connectivity index (χ0) is 19.3. The molecule has 6 heteroatoms. The van der Waals surface area contributed by atoms with Gasteiger partial charge in [0, 0.05) is 44.1 Å². The summed E-state index contributed by atoms with van der Waals surface area (Å²) >= 11 is 0. The maximum atomic E-state index is 13.3. The highest BCUT2D eigenvalue weighted by molar-refractivity contribution is 6.06. The van der Waals surface area contributed by atoms with Crippen LogP contribution in [0.2, 0.25) is 0 Å². The average Bonchev–Trinajstić information content (AvgIpc) is 2.62. The molecule has 0 aliphatic rings. The molecule has 0 aromatic heterocycles. The molecule has 0 fully saturated rings. The quantitative estimate of drug-likeness (QED) is 0.859. The van der Waals surface area contributed by atoms with Gasteiger partial charge in [-0.15, -0.1) is 0 Å². The Balaban J connectivity index is 2.34. The Labute approximate surface area is 153 Å². The lowest BCUT2D eigenvalue weighted by Crippen LogP contribution is -2.31. The van der Waals surface area contributed by atoms with E-state index >= 15 is 0 Å². The molecule has 0 unspecified atom stereocenters. The van der Waals surface area contributed by atoms with Crippen LogP contribution < -0.4 is 10.2 Å². The predicted octanol–water partition coefficient (Wildman–Crippen LogP) is 3.63. The molecule has 0 saturated carbocycles. The molecule has 0 radical (unpaired) electrons. The van der Waals surface area contributed by atoms with Gasteiger partial charge in [0.05, 0.1) is 5.56 Å². The Morgan fingerprint density at radius 2 is 1.73 bits per heavy atom. The molecular formula is C20H24FN3O2. The van der Waals surface area contributed by atoms with E-state index in [4.69, 9.17) is 0 Å². The summed E-state index contributed by atoms with van der Waals surface area (Å²) in [6.45, 7) is 5.04. The minimum absolute atomic E-state index is 0.0967. The Morgan fingerprint density at radius 1 is 1.04 bits per heavy atom. The summed E-state index contributed by atoms with van der Waals surface area (Å²) in [6.07, 6.45) is 0. The van der Waals surface area contributed by atoms with Crippen molar-refractivity contribution < 1.29 is 14.0 Å². The molecule has 1 N–H and O–H groups in total. The lowest BCUT2D eigenvalue weighted by molar-refractivity contribution is 0.0773. The number of nitrogens with zero attached hydrogens (tertiary/aromatic N) is 2. The molecule has 2 rings (SSSR count). The van der Waals surface area contributed by atoms with Gasteiger partial charge in [-0.2, -0.15) is 0 Å². The highest BCUT2D eigenvalue weighted by atomic mass is 19.1. The topological polar surface area (TPSA) is 52.7 Å². The lowest BCUT2D eigenvalue weighted by Gasteiger charge is -2.23. The number of benzene rings is 2. The monoisotopic (exact) mass is 357 g/mol. The summed E-state index contributed by atoms with van der Waals surface area (Å²) in [5.41, 5.74) is 1.99. The normalized spacial score (nSPS) is 10.3. The number of anilines is 2. The van der Waals surface area contributed by atoms with E-state index in [9.17, 15) is 14.0 Å². The van der Waals surface area contributed by atoms with Gasteiger partial charge in [0.25, 0.3) is 11.8 Å². The Morgan fingerprint density at radius 3 is 2.31 bits per heavy atom. The van der Waals surface area contributed by atoms with Gasteiger partial charge in [0.15, 0.2) is 0 Å². The van der Waals surface area contributed by atoms with Gasteiger partial charge in [-0.1, -0.05) is 6.07 Å². The number of carbonyl (C=O) groups is 2. The number of halogens is 1. The van der Waals surface area contributed by atoms with Gasteiger partial charge in [-0.25, -0.2) is 4.39 Å². The molecule has 0 spiro atoms. The lowest BCUT2D eigenvalue weighted by atomic mass is 10.1. The largest absolute Gasteiger partial charge is 0.377 e. The van der Waals surface area contributed by atoms with E-state index in [-0.39, 0.29) is 11.5 Å². The Hall–Kier alpha value is -2.89. The van der Waals surface area contributed by atoms with Crippen LogP contribution in [0.4, 0.5) is 15.8 Å². The first-order chi connectivity index (χ1) is 12.4. The van der Waals surface area contributed by atoms with E-state index in [1.165, 1.54) is 24.3 Å². The molecule has 2 aromatic carbocycles. The van der Waals surface area contributed by atoms with Crippen molar-refractivity contribution in [1.82, 2.24) is 4.90 Å². The van der Waals surface area contributed by atoms with Crippen LogP contribution in [-0.4, -0.2) is 43.9 Å². The molecule has 26 heavy (non-hydrogen) atoms. The molecular weight excluding hydrogens is 333 g/mol. The van der Waals surface area contributed by atoms with Crippen molar-refractivity contribution in [2.24, 2.45) is 0 Å². The molecule has 0 atom stereocenters. The summed E-state index contributed by atoms with van der Waals surface area (Å²) in [6, 6.07) is 10.6. The summed E-state index contributed by atoms with van der Waals surface area (Å²) in [7, 11) is 3.72. The van der Waals surface area contributed by atoms with Crippen LogP contribution >= 0.6 is 0 Å². The van der Waals surface area contributed by atoms with Crippen molar-refractivity contribution in [1.29, 1.82) is 0 Å². The van der Waals surface area contributed by atoms with Crippen molar-refractivity contribution in [2.45, 2.75) is 13.8 Å². The van der Waals surface area contributed by atoms with Gasteiger partial charge >= 0.3 is 0 Å². The number of hydrogen-bond donors (Lipinski definition) is 1. The van der Waals surface area contributed by atoms with E-state index < -0.39 is 11.7 Å². The van der Waals surface area contributed by atoms with Crippen molar-refractivity contribution in [3.8, 4) is 0 Å². The first-order valence-electron chi connectivity index (χ1n) is 8.54. The minimum Gasteiger partial charge on any atom is -0.377 e. The van der Waals surface area contributed by atoms with Crippen LogP contribution in [-0.2, 0) is 0 Å². The second kappa shape index (κ2) is 8.47.